The van der Waals surface area contributed by atoms with Gasteiger partial charge in [0.05, 0.1) is 13.5 Å². The molecule has 0 aliphatic carbocycles. The van der Waals surface area contributed by atoms with Crippen LogP contribution in [-0.4, -0.2) is 43.7 Å². The van der Waals surface area contributed by atoms with Crippen molar-refractivity contribution in [2.24, 2.45) is 0 Å². The zero-order valence-electron chi connectivity index (χ0n) is 18.2. The second kappa shape index (κ2) is 8.82. The minimum Gasteiger partial charge on any atom is -0.508 e. The number of rotatable bonds is 5. The molecule has 3 aromatic carbocycles. The van der Waals surface area contributed by atoms with Gasteiger partial charge in [-0.1, -0.05) is 12.1 Å². The summed E-state index contributed by atoms with van der Waals surface area (Å²) in [5.74, 6) is -5.33. The zero-order chi connectivity index (χ0) is 25.4. The normalized spacial score (nSPS) is 11.9. The molecule has 0 saturated heterocycles. The van der Waals surface area contributed by atoms with Crippen LogP contribution < -0.4 is 5.43 Å². The number of benzene rings is 3. The van der Waals surface area contributed by atoms with Gasteiger partial charge < -0.3 is 39.8 Å². The summed E-state index contributed by atoms with van der Waals surface area (Å²) in [6.07, 6.45) is -0.340. The molecule has 1 aromatic heterocycles. The van der Waals surface area contributed by atoms with Gasteiger partial charge in [-0.3, -0.25) is 9.59 Å². The summed E-state index contributed by atoms with van der Waals surface area (Å²) < 4.78 is 10.6. The van der Waals surface area contributed by atoms with Crippen molar-refractivity contribution in [1.29, 1.82) is 0 Å². The predicted octanol–water partition coefficient (Wildman–Crippen LogP) is 3.39. The molecular weight excluding hydrogens is 460 g/mol. The standard InChI is InChI=1S/C25H20O10/c1-34-19(31)9-14(11-3-2-4-13(26)7-11)20-17(29)10-18(30)21-22(32)23(33)24(35-25(20)21)12-5-6-15(27)16(28)8-12/h2-8,10,14,26-30,33H,9H2,1H3/t14-/m0/s1. The van der Waals surface area contributed by atoms with Gasteiger partial charge >= 0.3 is 5.97 Å². The molecule has 1 heterocycles. The van der Waals surface area contributed by atoms with Gasteiger partial charge in [0, 0.05) is 23.1 Å². The summed E-state index contributed by atoms with van der Waals surface area (Å²) >= 11 is 0. The van der Waals surface area contributed by atoms with E-state index in [9.17, 15) is 40.2 Å². The minimum absolute atomic E-state index is 0.00690. The maximum Gasteiger partial charge on any atom is 0.306 e. The maximum atomic E-state index is 13.1. The Kier molecular flexibility index (Phi) is 5.87. The Morgan fingerprint density at radius 2 is 1.66 bits per heavy atom. The van der Waals surface area contributed by atoms with Crippen LogP contribution in [0.25, 0.3) is 22.3 Å². The first-order chi connectivity index (χ1) is 16.6. The number of hydrogen-bond acceptors (Lipinski definition) is 10. The number of fused-ring (bicyclic) bond motifs is 1. The van der Waals surface area contributed by atoms with E-state index in [4.69, 9.17) is 9.15 Å². The van der Waals surface area contributed by atoms with E-state index in [0.717, 1.165) is 18.2 Å². The van der Waals surface area contributed by atoms with Gasteiger partial charge in [-0.25, -0.2) is 0 Å². The fourth-order valence-corrected chi connectivity index (χ4v) is 3.92. The molecule has 0 bridgehead atoms. The van der Waals surface area contributed by atoms with Gasteiger partial charge in [0.1, 0.15) is 28.2 Å². The van der Waals surface area contributed by atoms with Gasteiger partial charge in [-0.15, -0.1) is 0 Å². The number of phenolic OH excluding ortho intramolecular Hbond substituents is 5. The van der Waals surface area contributed by atoms with Gasteiger partial charge in [-0.2, -0.15) is 0 Å². The molecule has 0 amide bonds. The summed E-state index contributed by atoms with van der Waals surface area (Å²) in [7, 11) is 1.17. The van der Waals surface area contributed by atoms with Gasteiger partial charge in [0.25, 0.3) is 0 Å². The maximum absolute atomic E-state index is 13.1. The number of aromatic hydroxyl groups is 6. The zero-order valence-corrected chi connectivity index (χ0v) is 18.2. The van der Waals surface area contributed by atoms with E-state index in [0.29, 0.717) is 5.56 Å². The Morgan fingerprint density at radius 3 is 2.31 bits per heavy atom. The Bertz CT molecular complexity index is 1520. The van der Waals surface area contributed by atoms with Crippen LogP contribution in [0.5, 0.6) is 34.5 Å². The topological polar surface area (TPSA) is 178 Å². The average Bonchev–Trinajstić information content (AvgIpc) is 2.81. The van der Waals surface area contributed by atoms with E-state index in [2.05, 4.69) is 0 Å². The van der Waals surface area contributed by atoms with Crippen molar-refractivity contribution >= 4 is 16.9 Å². The molecular formula is C25H20O10. The van der Waals surface area contributed by atoms with Crippen molar-refractivity contribution in [2.45, 2.75) is 12.3 Å². The molecule has 0 aliphatic heterocycles. The highest BCUT2D eigenvalue weighted by Crippen LogP contribution is 2.45. The Morgan fingerprint density at radius 1 is 0.914 bits per heavy atom. The fourth-order valence-electron chi connectivity index (χ4n) is 3.92. The monoisotopic (exact) mass is 480 g/mol. The third-order valence-electron chi connectivity index (χ3n) is 5.60. The lowest BCUT2D eigenvalue weighted by molar-refractivity contribution is -0.140. The van der Waals surface area contributed by atoms with Crippen LogP contribution >= 0.6 is 0 Å². The van der Waals surface area contributed by atoms with Crippen LogP contribution in [0, 0.1) is 0 Å². The Labute approximate surface area is 197 Å². The smallest absolute Gasteiger partial charge is 0.306 e. The molecule has 10 heteroatoms. The third-order valence-corrected chi connectivity index (χ3v) is 5.60. The largest absolute Gasteiger partial charge is 0.508 e. The van der Waals surface area contributed by atoms with E-state index in [1.54, 1.807) is 6.07 Å². The van der Waals surface area contributed by atoms with Crippen molar-refractivity contribution in [3.05, 3.63) is 69.9 Å². The van der Waals surface area contributed by atoms with Crippen molar-refractivity contribution in [3.8, 4) is 45.8 Å². The summed E-state index contributed by atoms with van der Waals surface area (Å²) in [4.78, 5) is 25.3. The van der Waals surface area contributed by atoms with Gasteiger partial charge in [-0.05, 0) is 35.9 Å². The summed E-state index contributed by atoms with van der Waals surface area (Å²) in [6.45, 7) is 0. The molecule has 6 N–H and O–H groups in total. The van der Waals surface area contributed by atoms with Crippen molar-refractivity contribution in [3.63, 3.8) is 0 Å². The van der Waals surface area contributed by atoms with Crippen LogP contribution in [0.1, 0.15) is 23.5 Å². The van der Waals surface area contributed by atoms with Gasteiger partial charge in [0.15, 0.2) is 17.3 Å². The minimum atomic E-state index is -1.04. The molecule has 0 radical (unpaired) electrons. The van der Waals surface area contributed by atoms with Crippen LogP contribution in [-0.2, 0) is 9.53 Å². The molecule has 10 nitrogen and oxygen atoms in total. The third kappa shape index (κ3) is 4.12. The highest BCUT2D eigenvalue weighted by molar-refractivity contribution is 5.92. The molecule has 1 atom stereocenters. The number of carbonyl (C=O) groups excluding carboxylic acids is 1. The molecule has 0 aliphatic rings. The van der Waals surface area contributed by atoms with Crippen LogP contribution in [0.2, 0.25) is 0 Å². The SMILES string of the molecule is COC(=O)C[C@@H](c1cccc(O)c1)c1c(O)cc(O)c2c(=O)c(O)c(-c3ccc(O)c(O)c3)oc12. The van der Waals surface area contributed by atoms with Gasteiger partial charge in [0.2, 0.25) is 11.2 Å². The summed E-state index contributed by atoms with van der Waals surface area (Å²) in [5, 5.41) is 60.7. The van der Waals surface area contributed by atoms with E-state index in [1.165, 1.54) is 31.4 Å². The van der Waals surface area contributed by atoms with E-state index < -0.39 is 57.2 Å². The average molecular weight is 480 g/mol. The van der Waals surface area contributed by atoms with E-state index in [1.807, 2.05) is 0 Å². The first-order valence-electron chi connectivity index (χ1n) is 10.2. The quantitative estimate of drug-likeness (QED) is 0.183. The lowest BCUT2D eigenvalue weighted by atomic mass is 9.86. The highest BCUT2D eigenvalue weighted by atomic mass is 16.5. The molecule has 4 rings (SSSR count). The molecule has 35 heavy (non-hydrogen) atoms. The summed E-state index contributed by atoms with van der Waals surface area (Å²) in [6, 6.07) is 10.1. The van der Waals surface area contributed by atoms with Crippen molar-refractivity contribution in [2.75, 3.05) is 7.11 Å². The number of esters is 1. The number of phenols is 5. The summed E-state index contributed by atoms with van der Waals surface area (Å²) in [5.41, 5.74) is -1.11. The molecule has 0 fully saturated rings. The first-order valence-corrected chi connectivity index (χ1v) is 10.2. The molecule has 0 unspecified atom stereocenters. The fraction of sp³-hybridized carbons (Fsp3) is 0.120. The first kappa shape index (κ1) is 23.3. The van der Waals surface area contributed by atoms with Crippen molar-refractivity contribution in [1.82, 2.24) is 0 Å². The molecule has 4 aromatic rings. The van der Waals surface area contributed by atoms with Crippen LogP contribution in [0.15, 0.2) is 57.7 Å². The predicted molar refractivity (Wildman–Crippen MR) is 123 cm³/mol. The van der Waals surface area contributed by atoms with Crippen LogP contribution in [0.3, 0.4) is 0 Å². The number of hydrogen-bond donors (Lipinski definition) is 6. The van der Waals surface area contributed by atoms with Crippen molar-refractivity contribution < 1.29 is 44.6 Å². The number of carbonyl (C=O) groups is 1. The Hall–Kier alpha value is -4.86. The second-order valence-electron chi connectivity index (χ2n) is 7.77. The Balaban J connectivity index is 2.09. The number of methoxy groups -OCH3 is 1. The highest BCUT2D eigenvalue weighted by Gasteiger charge is 2.30. The molecule has 0 spiro atoms. The lowest BCUT2D eigenvalue weighted by Gasteiger charge is -2.20. The van der Waals surface area contributed by atoms with E-state index in [-0.39, 0.29) is 28.9 Å². The second-order valence-corrected chi connectivity index (χ2v) is 7.77. The van der Waals surface area contributed by atoms with Crippen LogP contribution in [0.4, 0.5) is 0 Å². The van der Waals surface area contributed by atoms with E-state index >= 15 is 0 Å². The number of ether oxygens (including phenoxy) is 1. The molecule has 180 valence electrons. The lowest BCUT2D eigenvalue weighted by Crippen LogP contribution is -2.12. The molecule has 0 saturated carbocycles.